The standard InChI is InChI=1S/C11H13NO4/c1-8-6-11(16-3)9(4-5-12(13)14)7-10(8)15-2/h4-7H,1-3H3. The van der Waals surface area contributed by atoms with Gasteiger partial charge >= 0.3 is 0 Å². The second-order valence-corrected chi connectivity index (χ2v) is 3.16. The third-order valence-electron chi connectivity index (χ3n) is 2.12. The molecule has 0 atom stereocenters. The highest BCUT2D eigenvalue weighted by atomic mass is 16.6. The van der Waals surface area contributed by atoms with E-state index in [1.807, 2.05) is 6.92 Å². The minimum Gasteiger partial charge on any atom is -0.496 e. The number of rotatable bonds is 4. The van der Waals surface area contributed by atoms with Gasteiger partial charge in [-0.1, -0.05) is 0 Å². The van der Waals surface area contributed by atoms with Crippen LogP contribution in [0.5, 0.6) is 11.5 Å². The molecule has 0 spiro atoms. The molecule has 0 saturated carbocycles. The lowest BCUT2D eigenvalue weighted by Gasteiger charge is -2.09. The van der Waals surface area contributed by atoms with E-state index in [0.717, 1.165) is 11.8 Å². The van der Waals surface area contributed by atoms with Gasteiger partial charge in [-0.2, -0.15) is 0 Å². The summed E-state index contributed by atoms with van der Waals surface area (Å²) in [6.07, 6.45) is 2.24. The predicted octanol–water partition coefficient (Wildman–Crippen LogP) is 2.26. The Morgan fingerprint density at radius 2 is 1.88 bits per heavy atom. The van der Waals surface area contributed by atoms with E-state index in [9.17, 15) is 10.1 Å². The summed E-state index contributed by atoms with van der Waals surface area (Å²) < 4.78 is 10.3. The molecule has 1 rings (SSSR count). The highest BCUT2D eigenvalue weighted by Gasteiger charge is 2.07. The Bertz CT molecular complexity index is 426. The fourth-order valence-corrected chi connectivity index (χ4v) is 1.35. The lowest BCUT2D eigenvalue weighted by Crippen LogP contribution is -1.93. The first kappa shape index (κ1) is 12.0. The third kappa shape index (κ3) is 2.73. The van der Waals surface area contributed by atoms with E-state index in [1.165, 1.54) is 13.2 Å². The first-order valence-electron chi connectivity index (χ1n) is 4.62. The van der Waals surface area contributed by atoms with Gasteiger partial charge in [0.2, 0.25) is 6.20 Å². The Kier molecular flexibility index (Phi) is 3.88. The summed E-state index contributed by atoms with van der Waals surface area (Å²) in [5.74, 6) is 1.25. The minimum atomic E-state index is -0.522. The highest BCUT2D eigenvalue weighted by molar-refractivity contribution is 5.60. The van der Waals surface area contributed by atoms with Crippen LogP contribution in [0.15, 0.2) is 18.3 Å². The molecule has 5 nitrogen and oxygen atoms in total. The molecule has 5 heteroatoms. The minimum absolute atomic E-state index is 0.522. The van der Waals surface area contributed by atoms with Gasteiger partial charge < -0.3 is 9.47 Å². The normalized spacial score (nSPS) is 10.4. The van der Waals surface area contributed by atoms with E-state index in [-0.39, 0.29) is 0 Å². The predicted molar refractivity (Wildman–Crippen MR) is 60.3 cm³/mol. The van der Waals surface area contributed by atoms with E-state index >= 15 is 0 Å². The van der Waals surface area contributed by atoms with E-state index < -0.39 is 4.92 Å². The SMILES string of the molecule is COc1cc(C=C[N+](=O)[O-])c(OC)cc1C. The Labute approximate surface area is 93.4 Å². The van der Waals surface area contributed by atoms with Crippen LogP contribution in [0.2, 0.25) is 0 Å². The van der Waals surface area contributed by atoms with Gasteiger partial charge in [0.15, 0.2) is 0 Å². The largest absolute Gasteiger partial charge is 0.496 e. The van der Waals surface area contributed by atoms with Crippen molar-refractivity contribution in [2.24, 2.45) is 0 Å². The third-order valence-corrected chi connectivity index (χ3v) is 2.12. The van der Waals surface area contributed by atoms with Gasteiger partial charge in [0, 0.05) is 11.6 Å². The molecule has 0 fully saturated rings. The quantitative estimate of drug-likeness (QED) is 0.580. The molecule has 0 aromatic heterocycles. The monoisotopic (exact) mass is 223 g/mol. The summed E-state index contributed by atoms with van der Waals surface area (Å²) in [5.41, 5.74) is 1.53. The van der Waals surface area contributed by atoms with Crippen LogP contribution < -0.4 is 9.47 Å². The number of nitrogens with zero attached hydrogens (tertiary/aromatic N) is 1. The summed E-state index contributed by atoms with van der Waals surface area (Å²) in [5, 5.41) is 10.2. The van der Waals surface area contributed by atoms with Gasteiger partial charge in [-0.15, -0.1) is 0 Å². The Morgan fingerprint density at radius 1 is 1.25 bits per heavy atom. The highest BCUT2D eigenvalue weighted by Crippen LogP contribution is 2.29. The first-order valence-corrected chi connectivity index (χ1v) is 4.62. The van der Waals surface area contributed by atoms with Crippen molar-refractivity contribution < 1.29 is 14.4 Å². The van der Waals surface area contributed by atoms with Crippen LogP contribution in [0.4, 0.5) is 0 Å². The van der Waals surface area contributed by atoms with E-state index in [4.69, 9.17) is 9.47 Å². The van der Waals surface area contributed by atoms with Crippen molar-refractivity contribution in [2.45, 2.75) is 6.92 Å². The molecular weight excluding hydrogens is 210 g/mol. The van der Waals surface area contributed by atoms with Crippen molar-refractivity contribution in [2.75, 3.05) is 14.2 Å². The number of benzene rings is 1. The molecule has 0 radical (unpaired) electrons. The van der Waals surface area contributed by atoms with Crippen molar-refractivity contribution in [3.05, 3.63) is 39.6 Å². The summed E-state index contributed by atoms with van der Waals surface area (Å²) in [6.45, 7) is 1.88. The second kappa shape index (κ2) is 5.16. The lowest BCUT2D eigenvalue weighted by atomic mass is 10.1. The van der Waals surface area contributed by atoms with Gasteiger partial charge in [-0.25, -0.2) is 0 Å². The number of aryl methyl sites for hydroxylation is 1. The molecule has 0 aliphatic rings. The van der Waals surface area contributed by atoms with Crippen molar-refractivity contribution in [3.63, 3.8) is 0 Å². The first-order chi connectivity index (χ1) is 7.58. The zero-order chi connectivity index (χ0) is 12.1. The number of ether oxygens (including phenoxy) is 2. The van der Waals surface area contributed by atoms with Gasteiger partial charge in [0.1, 0.15) is 11.5 Å². The topological polar surface area (TPSA) is 61.6 Å². The lowest BCUT2D eigenvalue weighted by molar-refractivity contribution is -0.400. The summed E-state index contributed by atoms with van der Waals surface area (Å²) in [4.78, 5) is 9.72. The maximum atomic E-state index is 10.2. The molecule has 0 unspecified atom stereocenters. The maximum Gasteiger partial charge on any atom is 0.235 e. The fraction of sp³-hybridized carbons (Fsp3) is 0.273. The smallest absolute Gasteiger partial charge is 0.235 e. The second-order valence-electron chi connectivity index (χ2n) is 3.16. The number of methoxy groups -OCH3 is 2. The molecule has 0 aliphatic heterocycles. The Hall–Kier alpha value is -2.04. The summed E-state index contributed by atoms with van der Waals surface area (Å²) >= 11 is 0. The molecule has 0 saturated heterocycles. The Morgan fingerprint density at radius 3 is 2.38 bits per heavy atom. The average molecular weight is 223 g/mol. The van der Waals surface area contributed by atoms with E-state index in [0.29, 0.717) is 17.1 Å². The molecule has 0 bridgehead atoms. The van der Waals surface area contributed by atoms with Crippen molar-refractivity contribution in [3.8, 4) is 11.5 Å². The van der Waals surface area contributed by atoms with Crippen LogP contribution in [-0.4, -0.2) is 19.1 Å². The molecule has 86 valence electrons. The Balaban J connectivity index is 3.19. The van der Waals surface area contributed by atoms with Crippen LogP contribution in [-0.2, 0) is 0 Å². The number of hydrogen-bond donors (Lipinski definition) is 0. The zero-order valence-corrected chi connectivity index (χ0v) is 9.39. The molecule has 0 N–H and O–H groups in total. The fourth-order valence-electron chi connectivity index (χ4n) is 1.35. The number of hydrogen-bond acceptors (Lipinski definition) is 4. The van der Waals surface area contributed by atoms with Crippen molar-refractivity contribution in [1.29, 1.82) is 0 Å². The molecule has 0 heterocycles. The number of nitro groups is 1. The molecule has 0 aliphatic carbocycles. The van der Waals surface area contributed by atoms with Gasteiger partial charge in [-0.05, 0) is 24.6 Å². The van der Waals surface area contributed by atoms with Gasteiger partial charge in [0.25, 0.3) is 0 Å². The summed E-state index contributed by atoms with van der Waals surface area (Å²) in [6, 6.07) is 3.48. The van der Waals surface area contributed by atoms with E-state index in [1.54, 1.807) is 19.2 Å². The summed E-state index contributed by atoms with van der Waals surface area (Å²) in [7, 11) is 3.07. The van der Waals surface area contributed by atoms with Crippen molar-refractivity contribution >= 4 is 6.08 Å². The van der Waals surface area contributed by atoms with Gasteiger partial charge in [-0.3, -0.25) is 10.1 Å². The maximum absolute atomic E-state index is 10.2. The van der Waals surface area contributed by atoms with Crippen LogP contribution in [0.3, 0.4) is 0 Å². The zero-order valence-electron chi connectivity index (χ0n) is 9.39. The average Bonchev–Trinajstić information content (AvgIpc) is 2.26. The molecule has 1 aromatic carbocycles. The van der Waals surface area contributed by atoms with E-state index in [2.05, 4.69) is 0 Å². The molecule has 0 amide bonds. The van der Waals surface area contributed by atoms with Crippen LogP contribution in [0, 0.1) is 17.0 Å². The van der Waals surface area contributed by atoms with Crippen LogP contribution in [0.1, 0.15) is 11.1 Å². The molecule has 16 heavy (non-hydrogen) atoms. The molecule has 1 aromatic rings. The van der Waals surface area contributed by atoms with Gasteiger partial charge in [0.05, 0.1) is 19.1 Å². The molecular formula is C11H13NO4. The van der Waals surface area contributed by atoms with Crippen LogP contribution in [0.25, 0.3) is 6.08 Å². The van der Waals surface area contributed by atoms with Crippen molar-refractivity contribution in [1.82, 2.24) is 0 Å². The van der Waals surface area contributed by atoms with Crippen LogP contribution >= 0.6 is 0 Å².